The Labute approximate surface area is 189 Å². The van der Waals surface area contributed by atoms with Crippen molar-refractivity contribution in [1.82, 2.24) is 19.5 Å². The Morgan fingerprint density at radius 1 is 1.03 bits per heavy atom. The van der Waals surface area contributed by atoms with Gasteiger partial charge >= 0.3 is 0 Å². The Morgan fingerprint density at radius 3 is 2.47 bits per heavy atom. The van der Waals surface area contributed by atoms with Crippen molar-refractivity contribution < 1.29 is 17.9 Å². The molecule has 4 rings (SSSR count). The van der Waals surface area contributed by atoms with E-state index in [1.165, 1.54) is 31.6 Å². The molecule has 32 heavy (non-hydrogen) atoms. The minimum Gasteiger partial charge on any atom is -0.495 e. The molecule has 4 aromatic rings. The Hall–Kier alpha value is -3.63. The van der Waals surface area contributed by atoms with Crippen LogP contribution >= 0.6 is 11.6 Å². The molecule has 0 saturated carbocycles. The molecule has 2 aromatic heterocycles. The molecular weight excluding hydrogens is 454 g/mol. The largest absolute Gasteiger partial charge is 0.495 e. The monoisotopic (exact) mass is 471 g/mol. The van der Waals surface area contributed by atoms with Gasteiger partial charge in [-0.15, -0.1) is 0 Å². The molecule has 1 N–H and O–H groups in total. The van der Waals surface area contributed by atoms with Crippen molar-refractivity contribution in [3.63, 3.8) is 0 Å². The van der Waals surface area contributed by atoms with Crippen LogP contribution in [0.2, 0.25) is 5.02 Å². The maximum absolute atomic E-state index is 12.6. The summed E-state index contributed by atoms with van der Waals surface area (Å²) < 4.78 is 40.4. The fourth-order valence-electron chi connectivity index (χ4n) is 2.88. The molecule has 2 heterocycles. The van der Waals surface area contributed by atoms with Gasteiger partial charge in [0.05, 0.1) is 17.0 Å². The van der Waals surface area contributed by atoms with Crippen LogP contribution in [0.15, 0.2) is 72.1 Å². The Balaban J connectivity index is 1.48. The first-order chi connectivity index (χ1) is 15.4. The number of benzene rings is 2. The number of nitrogens with one attached hydrogen (secondary N) is 1. The lowest BCUT2D eigenvalue weighted by molar-refractivity contribution is 0.414. The number of sulfonamides is 1. The summed E-state index contributed by atoms with van der Waals surface area (Å²) in [5.41, 5.74) is 0.363. The maximum Gasteiger partial charge on any atom is 0.261 e. The van der Waals surface area contributed by atoms with Gasteiger partial charge in [0.1, 0.15) is 29.5 Å². The first-order valence-electron chi connectivity index (χ1n) is 9.32. The predicted octanol–water partition coefficient (Wildman–Crippen LogP) is 4.23. The number of nitrogens with zero attached hydrogens (tertiary/aromatic N) is 4. The van der Waals surface area contributed by atoms with Crippen LogP contribution in [0.5, 0.6) is 17.4 Å². The Bertz CT molecular complexity index is 1360. The number of methoxy groups -OCH3 is 1. The summed E-state index contributed by atoms with van der Waals surface area (Å²) in [6.07, 6.45) is 4.86. The molecule has 0 aliphatic rings. The van der Waals surface area contributed by atoms with Crippen LogP contribution in [0, 0.1) is 6.92 Å². The lowest BCUT2D eigenvalue weighted by Crippen LogP contribution is -2.12. The molecule has 0 unspecified atom stereocenters. The highest BCUT2D eigenvalue weighted by Gasteiger charge is 2.16. The fraction of sp³-hybridized carbons (Fsp3) is 0.0952. The maximum atomic E-state index is 12.6. The summed E-state index contributed by atoms with van der Waals surface area (Å²) in [5.74, 6) is 2.61. The lowest BCUT2D eigenvalue weighted by Gasteiger charge is -2.11. The van der Waals surface area contributed by atoms with E-state index in [0.29, 0.717) is 28.9 Å². The second kappa shape index (κ2) is 8.85. The predicted molar refractivity (Wildman–Crippen MR) is 119 cm³/mol. The zero-order chi connectivity index (χ0) is 22.7. The van der Waals surface area contributed by atoms with Crippen LogP contribution < -0.4 is 14.2 Å². The van der Waals surface area contributed by atoms with Gasteiger partial charge in [-0.2, -0.15) is 0 Å². The molecule has 9 nitrogen and oxygen atoms in total. The number of rotatable bonds is 7. The van der Waals surface area contributed by atoms with Gasteiger partial charge in [-0.05, 0) is 49.4 Å². The average Bonchev–Trinajstić information content (AvgIpc) is 3.21. The fourth-order valence-corrected chi connectivity index (χ4v) is 4.28. The smallest absolute Gasteiger partial charge is 0.261 e. The van der Waals surface area contributed by atoms with Crippen LogP contribution in [0.3, 0.4) is 0 Å². The molecule has 0 spiro atoms. The van der Waals surface area contributed by atoms with Crippen LogP contribution in [0.1, 0.15) is 5.82 Å². The highest BCUT2D eigenvalue weighted by Crippen LogP contribution is 2.28. The standard InChI is InChI=1S/C21H18ClN5O4S/c1-14-23-9-10-27(14)20-12-21(25-13-24-20)31-16-5-3-15(4-6-16)26-32(28,29)17-7-8-19(30-2)18(22)11-17/h3-13,26H,1-2H3. The van der Waals surface area contributed by atoms with Crippen molar-refractivity contribution in [2.75, 3.05) is 11.8 Å². The van der Waals surface area contributed by atoms with Crippen LogP contribution in [-0.2, 0) is 10.0 Å². The van der Waals surface area contributed by atoms with Gasteiger partial charge in [-0.1, -0.05) is 11.6 Å². The normalized spacial score (nSPS) is 11.2. The lowest BCUT2D eigenvalue weighted by atomic mass is 10.3. The van der Waals surface area contributed by atoms with E-state index >= 15 is 0 Å². The molecule has 11 heteroatoms. The van der Waals surface area contributed by atoms with E-state index in [2.05, 4.69) is 19.7 Å². The molecule has 0 aliphatic heterocycles. The van der Waals surface area contributed by atoms with Gasteiger partial charge in [0.2, 0.25) is 5.88 Å². The number of aromatic nitrogens is 4. The van der Waals surface area contributed by atoms with E-state index in [1.807, 2.05) is 6.92 Å². The topological polar surface area (TPSA) is 108 Å². The van der Waals surface area contributed by atoms with E-state index in [1.54, 1.807) is 47.3 Å². The van der Waals surface area contributed by atoms with Gasteiger partial charge in [-0.25, -0.2) is 23.4 Å². The quantitative estimate of drug-likeness (QED) is 0.429. The number of halogens is 1. The summed E-state index contributed by atoms with van der Waals surface area (Å²) in [6, 6.07) is 12.3. The third kappa shape index (κ3) is 4.66. The van der Waals surface area contributed by atoms with Gasteiger partial charge in [0, 0.05) is 24.1 Å². The zero-order valence-corrected chi connectivity index (χ0v) is 18.6. The average molecular weight is 472 g/mol. The summed E-state index contributed by atoms with van der Waals surface area (Å²) in [5, 5.41) is 0.203. The number of hydrogen-bond acceptors (Lipinski definition) is 7. The second-order valence-corrected chi connectivity index (χ2v) is 8.68. The third-order valence-electron chi connectivity index (χ3n) is 4.46. The molecule has 2 aromatic carbocycles. The molecular formula is C21H18ClN5O4S. The van der Waals surface area contributed by atoms with Gasteiger partial charge in [-0.3, -0.25) is 9.29 Å². The van der Waals surface area contributed by atoms with Gasteiger partial charge in [0.15, 0.2) is 0 Å². The molecule has 0 atom stereocenters. The van der Waals surface area contributed by atoms with Crippen molar-refractivity contribution in [3.8, 4) is 23.2 Å². The molecule has 0 bridgehead atoms. The minimum absolute atomic E-state index is 0.0203. The second-order valence-electron chi connectivity index (χ2n) is 6.59. The SMILES string of the molecule is COc1ccc(S(=O)(=O)Nc2ccc(Oc3cc(-n4ccnc4C)ncn3)cc2)cc1Cl. The van der Waals surface area contributed by atoms with Crippen molar-refractivity contribution in [2.24, 2.45) is 0 Å². The van der Waals surface area contributed by atoms with Crippen molar-refractivity contribution in [3.05, 3.63) is 78.1 Å². The van der Waals surface area contributed by atoms with E-state index < -0.39 is 10.0 Å². The van der Waals surface area contributed by atoms with Gasteiger partial charge < -0.3 is 9.47 Å². The summed E-state index contributed by atoms with van der Waals surface area (Å²) in [7, 11) is -2.37. The van der Waals surface area contributed by atoms with Crippen molar-refractivity contribution in [1.29, 1.82) is 0 Å². The highest BCUT2D eigenvalue weighted by molar-refractivity contribution is 7.92. The van der Waals surface area contributed by atoms with E-state index in [9.17, 15) is 8.42 Å². The third-order valence-corrected chi connectivity index (χ3v) is 6.14. The van der Waals surface area contributed by atoms with Crippen LogP contribution in [0.25, 0.3) is 5.82 Å². The summed E-state index contributed by atoms with van der Waals surface area (Å²) in [4.78, 5) is 12.5. The molecule has 164 valence electrons. The van der Waals surface area contributed by atoms with E-state index in [4.69, 9.17) is 21.1 Å². The number of anilines is 1. The Kier molecular flexibility index (Phi) is 5.97. The molecule has 0 amide bonds. The summed E-state index contributed by atoms with van der Waals surface area (Å²) in [6.45, 7) is 1.86. The van der Waals surface area contributed by atoms with Crippen LogP contribution in [0.4, 0.5) is 5.69 Å². The number of ether oxygens (including phenoxy) is 2. The van der Waals surface area contributed by atoms with Gasteiger partial charge in [0.25, 0.3) is 10.0 Å². The molecule has 0 aliphatic carbocycles. The number of aryl methyl sites for hydroxylation is 1. The first-order valence-corrected chi connectivity index (χ1v) is 11.2. The minimum atomic E-state index is -3.83. The first kappa shape index (κ1) is 21.6. The molecule has 0 saturated heterocycles. The summed E-state index contributed by atoms with van der Waals surface area (Å²) >= 11 is 6.04. The Morgan fingerprint density at radius 2 is 1.81 bits per heavy atom. The molecule has 0 fully saturated rings. The zero-order valence-electron chi connectivity index (χ0n) is 17.1. The van der Waals surface area contributed by atoms with E-state index in [0.717, 1.165) is 5.82 Å². The molecule has 0 radical (unpaired) electrons. The highest BCUT2D eigenvalue weighted by atomic mass is 35.5. The van der Waals surface area contributed by atoms with Crippen molar-refractivity contribution in [2.45, 2.75) is 11.8 Å². The number of hydrogen-bond donors (Lipinski definition) is 1. The number of imidazole rings is 1. The van der Waals surface area contributed by atoms with Crippen molar-refractivity contribution >= 4 is 27.3 Å². The van der Waals surface area contributed by atoms with Crippen LogP contribution in [-0.4, -0.2) is 35.0 Å². The van der Waals surface area contributed by atoms with E-state index in [-0.39, 0.29) is 9.92 Å².